The second-order valence-corrected chi connectivity index (χ2v) is 24.9. The van der Waals surface area contributed by atoms with Crippen LogP contribution in [-0.2, 0) is 28.6 Å². The molecule has 0 radical (unpaired) electrons. The van der Waals surface area contributed by atoms with Crippen molar-refractivity contribution in [1.82, 2.24) is 0 Å². The molecule has 0 saturated heterocycles. The van der Waals surface area contributed by atoms with E-state index in [1.54, 1.807) is 0 Å². The van der Waals surface area contributed by atoms with Gasteiger partial charge < -0.3 is 14.2 Å². The molecule has 0 spiro atoms. The summed E-state index contributed by atoms with van der Waals surface area (Å²) in [5.74, 6) is -0.850. The molecule has 0 aromatic rings. The average Bonchev–Trinajstić information content (AvgIpc) is 3.46. The lowest BCUT2D eigenvalue weighted by Gasteiger charge is -2.18. The van der Waals surface area contributed by atoms with E-state index in [9.17, 15) is 14.4 Å². The number of carbonyl (C=O) groups is 3. The van der Waals surface area contributed by atoms with E-state index in [0.29, 0.717) is 19.3 Å². The fourth-order valence-electron chi connectivity index (χ4n) is 11.2. The highest BCUT2D eigenvalue weighted by atomic mass is 16.6. The van der Waals surface area contributed by atoms with E-state index in [0.717, 1.165) is 70.6 Å². The highest BCUT2D eigenvalue weighted by Crippen LogP contribution is 2.19. The first-order valence-electron chi connectivity index (χ1n) is 36.3. The number of carbonyl (C=O) groups excluding carboxylic acids is 3. The molecule has 0 heterocycles. The Labute approximate surface area is 500 Å². The summed E-state index contributed by atoms with van der Waals surface area (Å²) in [5.41, 5.74) is 0. The van der Waals surface area contributed by atoms with Gasteiger partial charge in [0.15, 0.2) is 6.10 Å². The monoisotopic (exact) mass is 1130 g/mol. The number of allylic oxidation sites excluding steroid dienone is 4. The molecule has 1 atom stereocenters. The largest absolute Gasteiger partial charge is 0.462 e. The van der Waals surface area contributed by atoms with Crippen LogP contribution in [0, 0.1) is 0 Å². The maximum absolute atomic E-state index is 12.9. The van der Waals surface area contributed by atoms with Crippen LogP contribution < -0.4 is 0 Å². The molecular formula is C74H140O6. The molecule has 6 heteroatoms. The summed E-state index contributed by atoms with van der Waals surface area (Å²) in [7, 11) is 0. The number of hydrogen-bond acceptors (Lipinski definition) is 6. The van der Waals surface area contributed by atoms with Crippen molar-refractivity contribution in [2.75, 3.05) is 13.2 Å². The van der Waals surface area contributed by atoms with Crippen LogP contribution in [0.25, 0.3) is 0 Å². The van der Waals surface area contributed by atoms with E-state index in [-0.39, 0.29) is 31.1 Å². The second kappa shape index (κ2) is 69.4. The Balaban J connectivity index is 4.11. The molecule has 0 aliphatic heterocycles. The molecular weight excluding hydrogens is 985 g/mol. The van der Waals surface area contributed by atoms with Gasteiger partial charge in [0.1, 0.15) is 13.2 Å². The van der Waals surface area contributed by atoms with Gasteiger partial charge in [-0.25, -0.2) is 0 Å². The Morgan fingerprint density at radius 2 is 0.438 bits per heavy atom. The van der Waals surface area contributed by atoms with Gasteiger partial charge in [0.2, 0.25) is 0 Å². The van der Waals surface area contributed by atoms with Crippen molar-refractivity contribution >= 4 is 17.9 Å². The smallest absolute Gasteiger partial charge is 0.306 e. The molecule has 0 aliphatic rings. The van der Waals surface area contributed by atoms with E-state index in [4.69, 9.17) is 14.2 Å². The maximum atomic E-state index is 12.9. The predicted molar refractivity (Wildman–Crippen MR) is 349 cm³/mol. The summed E-state index contributed by atoms with van der Waals surface area (Å²) in [6, 6.07) is 0. The molecule has 0 saturated carbocycles. The van der Waals surface area contributed by atoms with Crippen LogP contribution in [0.1, 0.15) is 412 Å². The van der Waals surface area contributed by atoms with E-state index in [1.165, 1.54) is 302 Å². The third kappa shape index (κ3) is 66.7. The van der Waals surface area contributed by atoms with Gasteiger partial charge in [0.05, 0.1) is 0 Å². The standard InChI is InChI=1S/C74H140O6/c1-4-7-10-13-16-19-22-24-26-28-30-32-34-36-37-39-40-42-44-46-48-50-52-55-58-61-64-67-73(76)79-70-71(69-78-72(75)66-63-60-57-54-21-18-15-12-9-6-3)80-74(77)68-65-62-59-56-53-51-49-47-45-43-41-38-35-33-31-29-27-25-23-20-17-14-11-8-5-2/h12,15,29,31,71H,4-11,13-14,16-28,30,32-70H2,1-3H3/b15-12-,31-29-. The molecule has 6 nitrogen and oxygen atoms in total. The Morgan fingerprint density at radius 1 is 0.237 bits per heavy atom. The van der Waals surface area contributed by atoms with Gasteiger partial charge >= 0.3 is 17.9 Å². The van der Waals surface area contributed by atoms with Crippen molar-refractivity contribution in [3.63, 3.8) is 0 Å². The van der Waals surface area contributed by atoms with Crippen LogP contribution in [0.15, 0.2) is 24.3 Å². The Bertz CT molecular complexity index is 1290. The van der Waals surface area contributed by atoms with Gasteiger partial charge in [0, 0.05) is 19.3 Å². The summed E-state index contributed by atoms with van der Waals surface area (Å²) >= 11 is 0. The van der Waals surface area contributed by atoms with Crippen LogP contribution in [-0.4, -0.2) is 37.2 Å². The Kier molecular flexibility index (Phi) is 67.6. The number of ether oxygens (including phenoxy) is 3. The van der Waals surface area contributed by atoms with Crippen LogP contribution >= 0.6 is 0 Å². The van der Waals surface area contributed by atoms with Crippen molar-refractivity contribution < 1.29 is 28.6 Å². The molecule has 0 fully saturated rings. The second-order valence-electron chi connectivity index (χ2n) is 24.9. The van der Waals surface area contributed by atoms with Crippen LogP contribution in [0.2, 0.25) is 0 Å². The van der Waals surface area contributed by atoms with Crippen molar-refractivity contribution in [2.24, 2.45) is 0 Å². The zero-order chi connectivity index (χ0) is 57.8. The summed E-state index contributed by atoms with van der Waals surface area (Å²) in [6.07, 6.45) is 85.2. The highest BCUT2D eigenvalue weighted by Gasteiger charge is 2.19. The molecule has 0 N–H and O–H groups in total. The predicted octanol–water partition coefficient (Wildman–Crippen LogP) is 25.0. The summed E-state index contributed by atoms with van der Waals surface area (Å²) in [5, 5.41) is 0. The van der Waals surface area contributed by atoms with Gasteiger partial charge in [-0.2, -0.15) is 0 Å². The maximum Gasteiger partial charge on any atom is 0.306 e. The van der Waals surface area contributed by atoms with E-state index in [2.05, 4.69) is 45.1 Å². The lowest BCUT2D eigenvalue weighted by molar-refractivity contribution is -0.167. The van der Waals surface area contributed by atoms with Gasteiger partial charge in [0.25, 0.3) is 0 Å². The molecule has 0 rings (SSSR count). The fourth-order valence-corrected chi connectivity index (χ4v) is 11.2. The zero-order valence-electron chi connectivity index (χ0n) is 54.4. The topological polar surface area (TPSA) is 78.9 Å². The van der Waals surface area contributed by atoms with Gasteiger partial charge in [-0.1, -0.05) is 353 Å². The van der Waals surface area contributed by atoms with E-state index < -0.39 is 6.10 Å². The number of hydrogen-bond donors (Lipinski definition) is 0. The van der Waals surface area contributed by atoms with Crippen molar-refractivity contribution in [3.05, 3.63) is 24.3 Å². The third-order valence-electron chi connectivity index (χ3n) is 16.7. The molecule has 0 bridgehead atoms. The van der Waals surface area contributed by atoms with Gasteiger partial charge in [-0.05, 0) is 64.2 Å². The molecule has 472 valence electrons. The lowest BCUT2D eigenvalue weighted by Crippen LogP contribution is -2.30. The quantitative estimate of drug-likeness (QED) is 0.0261. The minimum absolute atomic E-state index is 0.0683. The first-order valence-corrected chi connectivity index (χ1v) is 36.3. The third-order valence-corrected chi connectivity index (χ3v) is 16.7. The Hall–Kier alpha value is -2.11. The van der Waals surface area contributed by atoms with Crippen molar-refractivity contribution in [1.29, 1.82) is 0 Å². The fraction of sp³-hybridized carbons (Fsp3) is 0.905. The van der Waals surface area contributed by atoms with Crippen LogP contribution in [0.5, 0.6) is 0 Å². The van der Waals surface area contributed by atoms with E-state index in [1.807, 2.05) is 0 Å². The van der Waals surface area contributed by atoms with Crippen molar-refractivity contribution in [2.45, 2.75) is 419 Å². The highest BCUT2D eigenvalue weighted by molar-refractivity contribution is 5.71. The molecule has 80 heavy (non-hydrogen) atoms. The minimum atomic E-state index is -0.772. The lowest BCUT2D eigenvalue weighted by atomic mass is 10.0. The molecule has 0 aliphatic carbocycles. The van der Waals surface area contributed by atoms with Gasteiger partial charge in [-0.15, -0.1) is 0 Å². The van der Waals surface area contributed by atoms with Gasteiger partial charge in [-0.3, -0.25) is 14.4 Å². The molecule has 1 unspecified atom stereocenters. The average molecular weight is 1130 g/mol. The molecule has 0 aromatic carbocycles. The van der Waals surface area contributed by atoms with Crippen LogP contribution in [0.4, 0.5) is 0 Å². The first kappa shape index (κ1) is 77.9. The van der Waals surface area contributed by atoms with Crippen molar-refractivity contribution in [3.8, 4) is 0 Å². The number of unbranched alkanes of at least 4 members (excludes halogenated alkanes) is 53. The SMILES string of the molecule is CCC/C=C\CCCCCCCC(=O)OCC(COC(=O)CCCCCCCCCCCCCCCCCCCCCCCCCCCCC)OC(=O)CCCCCCCCCCCCCCC/C=C\CCCCCCCCCC. The summed E-state index contributed by atoms with van der Waals surface area (Å²) in [4.78, 5) is 38.3. The number of esters is 3. The summed E-state index contributed by atoms with van der Waals surface area (Å²) < 4.78 is 17.0. The van der Waals surface area contributed by atoms with Crippen LogP contribution in [0.3, 0.4) is 0 Å². The zero-order valence-corrected chi connectivity index (χ0v) is 54.4. The Morgan fingerprint density at radius 3 is 0.675 bits per heavy atom. The minimum Gasteiger partial charge on any atom is -0.462 e. The molecule has 0 amide bonds. The van der Waals surface area contributed by atoms with E-state index >= 15 is 0 Å². The normalized spacial score (nSPS) is 12.1. The summed E-state index contributed by atoms with van der Waals surface area (Å²) in [6.45, 7) is 6.65. The molecule has 0 aromatic heterocycles. The number of rotatable bonds is 68. The first-order chi connectivity index (χ1) is 39.5.